The van der Waals surface area contributed by atoms with Crippen LogP contribution in [0.25, 0.3) is 0 Å². The molecule has 0 fully saturated rings. The largest absolute Gasteiger partial charge is 0.478 e. The number of carboxylic acids is 1. The van der Waals surface area contributed by atoms with Gasteiger partial charge in [0, 0.05) is 12.0 Å². The molecule has 0 spiro atoms. The average molecular weight is 282 g/mol. The summed E-state index contributed by atoms with van der Waals surface area (Å²) in [6.45, 7) is 1.42. The first-order valence-electron chi connectivity index (χ1n) is 5.86. The van der Waals surface area contributed by atoms with E-state index in [4.69, 9.17) is 11.5 Å². The third kappa shape index (κ3) is 4.12. The van der Waals surface area contributed by atoms with E-state index in [1.165, 1.54) is 13.0 Å². The molecule has 0 unspecified atom stereocenters. The fraction of sp³-hybridized carbons (Fsp3) is 0.500. The summed E-state index contributed by atoms with van der Waals surface area (Å²) < 4.78 is 9.25. The van der Waals surface area contributed by atoms with Gasteiger partial charge in [-0.1, -0.05) is 6.08 Å². The Bertz CT molecular complexity index is 439. The van der Waals surface area contributed by atoms with Gasteiger partial charge in [-0.2, -0.15) is 0 Å². The molecule has 0 saturated carbocycles. The Morgan fingerprint density at radius 2 is 1.75 bits per heavy atom. The minimum atomic E-state index is -1.60. The van der Waals surface area contributed by atoms with Gasteiger partial charge < -0.3 is 14.6 Å². The maximum Gasteiger partial charge on any atom is 0.330 e. The van der Waals surface area contributed by atoms with Gasteiger partial charge in [0.15, 0.2) is 5.41 Å². The van der Waals surface area contributed by atoms with E-state index in [9.17, 15) is 14.4 Å². The molecule has 6 nitrogen and oxygen atoms in total. The Labute approximate surface area is 117 Å². The van der Waals surface area contributed by atoms with E-state index in [0.29, 0.717) is 0 Å². The lowest BCUT2D eigenvalue weighted by molar-refractivity contribution is -0.169. The molecule has 0 aliphatic rings. The van der Waals surface area contributed by atoms with Crippen LogP contribution in [0.5, 0.6) is 0 Å². The van der Waals surface area contributed by atoms with Crippen molar-refractivity contribution in [3.63, 3.8) is 0 Å². The van der Waals surface area contributed by atoms with E-state index in [2.05, 4.69) is 15.4 Å². The highest BCUT2D eigenvalue weighted by molar-refractivity contribution is 6.00. The predicted molar refractivity (Wildman–Crippen MR) is 70.5 cm³/mol. The van der Waals surface area contributed by atoms with Crippen molar-refractivity contribution in [1.29, 1.82) is 0 Å². The Balaban J connectivity index is 5.27. The topological polar surface area (TPSA) is 89.9 Å². The molecule has 0 aromatic heterocycles. The van der Waals surface area contributed by atoms with Crippen LogP contribution in [0.2, 0.25) is 0 Å². The summed E-state index contributed by atoms with van der Waals surface area (Å²) in [4.78, 5) is 34.4. The summed E-state index contributed by atoms with van der Waals surface area (Å²) in [5.41, 5.74) is -1.48. The van der Waals surface area contributed by atoms with Gasteiger partial charge in [0.05, 0.1) is 14.2 Å². The third-order valence-corrected chi connectivity index (χ3v) is 2.92. The molecule has 0 rings (SSSR count). The van der Waals surface area contributed by atoms with E-state index in [0.717, 1.165) is 14.2 Å². The van der Waals surface area contributed by atoms with Gasteiger partial charge in [-0.25, -0.2) is 4.79 Å². The second kappa shape index (κ2) is 8.00. The molecule has 0 atom stereocenters. The lowest BCUT2D eigenvalue weighted by Gasteiger charge is -2.25. The first-order valence-corrected chi connectivity index (χ1v) is 5.86. The van der Waals surface area contributed by atoms with E-state index in [1.807, 2.05) is 0 Å². The summed E-state index contributed by atoms with van der Waals surface area (Å²) in [6, 6.07) is 0. The maximum absolute atomic E-state index is 11.9. The number of rotatable bonds is 7. The quantitative estimate of drug-likeness (QED) is 0.326. The summed E-state index contributed by atoms with van der Waals surface area (Å²) in [7, 11) is 2.30. The number of hydrogen-bond donors (Lipinski definition) is 1. The van der Waals surface area contributed by atoms with Gasteiger partial charge in [-0.15, -0.1) is 12.3 Å². The smallest absolute Gasteiger partial charge is 0.330 e. The first-order chi connectivity index (χ1) is 9.35. The van der Waals surface area contributed by atoms with Gasteiger partial charge in [-0.05, 0) is 19.8 Å². The van der Waals surface area contributed by atoms with Crippen LogP contribution in [0.3, 0.4) is 0 Å². The van der Waals surface area contributed by atoms with Gasteiger partial charge in [-0.3, -0.25) is 9.59 Å². The number of carbonyl (C=O) groups is 3. The van der Waals surface area contributed by atoms with Crippen molar-refractivity contribution in [3.05, 3.63) is 11.6 Å². The average Bonchev–Trinajstić information content (AvgIpc) is 2.44. The van der Waals surface area contributed by atoms with Crippen molar-refractivity contribution >= 4 is 17.9 Å². The van der Waals surface area contributed by atoms with Crippen molar-refractivity contribution in [3.8, 4) is 12.3 Å². The molecule has 110 valence electrons. The summed E-state index contributed by atoms with van der Waals surface area (Å²) in [5, 5.41) is 8.74. The molecule has 0 amide bonds. The van der Waals surface area contributed by atoms with Gasteiger partial charge in [0.25, 0.3) is 0 Å². The standard InChI is InChI=1S/C14H18O6/c1-5-8-14(12(17)19-3,13(18)20-4)9-6-7-10(2)11(15)16/h1,7H,6,8-9H2,2-4H3,(H,15,16)/b10-7+. The predicted octanol–water partition coefficient (Wildman–Crippen LogP) is 1.15. The highest BCUT2D eigenvalue weighted by Crippen LogP contribution is 2.31. The lowest BCUT2D eigenvalue weighted by atomic mass is 9.80. The van der Waals surface area contributed by atoms with E-state index in [-0.39, 0.29) is 24.8 Å². The summed E-state index contributed by atoms with van der Waals surface area (Å²) >= 11 is 0. The van der Waals surface area contributed by atoms with Crippen molar-refractivity contribution in [1.82, 2.24) is 0 Å². The zero-order valence-electron chi connectivity index (χ0n) is 11.8. The minimum absolute atomic E-state index is 0.0150. The third-order valence-electron chi connectivity index (χ3n) is 2.92. The van der Waals surface area contributed by atoms with Crippen LogP contribution in [0.15, 0.2) is 11.6 Å². The monoisotopic (exact) mass is 282 g/mol. The van der Waals surface area contributed by atoms with Crippen LogP contribution < -0.4 is 0 Å². The van der Waals surface area contributed by atoms with Crippen LogP contribution in [-0.2, 0) is 23.9 Å². The van der Waals surface area contributed by atoms with Gasteiger partial charge >= 0.3 is 17.9 Å². The Kier molecular flexibility index (Phi) is 7.08. The fourth-order valence-electron chi connectivity index (χ4n) is 1.71. The molecule has 0 bridgehead atoms. The molecular formula is C14H18O6. The number of allylic oxidation sites excluding steroid dienone is 1. The molecule has 0 aliphatic carbocycles. The molecule has 6 heteroatoms. The van der Waals surface area contributed by atoms with E-state index >= 15 is 0 Å². The van der Waals surface area contributed by atoms with Crippen LogP contribution >= 0.6 is 0 Å². The summed E-state index contributed by atoms with van der Waals surface area (Å²) in [6.07, 6.45) is 6.65. The zero-order chi connectivity index (χ0) is 15.8. The Morgan fingerprint density at radius 3 is 2.10 bits per heavy atom. The number of carboxylic acid groups (broad SMARTS) is 1. The highest BCUT2D eigenvalue weighted by atomic mass is 16.5. The maximum atomic E-state index is 11.9. The number of aliphatic carboxylic acids is 1. The van der Waals surface area contributed by atoms with Crippen molar-refractivity contribution in [2.75, 3.05) is 14.2 Å². The van der Waals surface area contributed by atoms with Crippen molar-refractivity contribution in [2.45, 2.75) is 26.2 Å². The second-order valence-corrected chi connectivity index (χ2v) is 4.18. The molecule has 1 N–H and O–H groups in total. The molecule has 0 aromatic rings. The van der Waals surface area contributed by atoms with Crippen LogP contribution in [0.1, 0.15) is 26.2 Å². The molecule has 0 aliphatic heterocycles. The van der Waals surface area contributed by atoms with E-state index in [1.54, 1.807) is 0 Å². The van der Waals surface area contributed by atoms with Crippen LogP contribution in [0.4, 0.5) is 0 Å². The highest BCUT2D eigenvalue weighted by Gasteiger charge is 2.47. The number of carbonyl (C=O) groups excluding carboxylic acids is 2. The summed E-state index contributed by atoms with van der Waals surface area (Å²) in [5.74, 6) is -0.381. The first kappa shape index (κ1) is 17.7. The molecule has 0 heterocycles. The SMILES string of the molecule is C#CCC(CC/C=C(\C)C(=O)O)(C(=O)OC)C(=O)OC. The van der Waals surface area contributed by atoms with Gasteiger partial charge in [0.1, 0.15) is 0 Å². The number of esters is 2. The number of hydrogen-bond acceptors (Lipinski definition) is 5. The van der Waals surface area contributed by atoms with Gasteiger partial charge in [0.2, 0.25) is 0 Å². The molecule has 0 saturated heterocycles. The van der Waals surface area contributed by atoms with Crippen molar-refractivity contribution in [2.24, 2.45) is 5.41 Å². The zero-order valence-corrected chi connectivity index (χ0v) is 11.8. The minimum Gasteiger partial charge on any atom is -0.478 e. The fourth-order valence-corrected chi connectivity index (χ4v) is 1.71. The number of methoxy groups -OCH3 is 2. The Hall–Kier alpha value is -2.29. The van der Waals surface area contributed by atoms with Crippen LogP contribution in [-0.4, -0.2) is 37.2 Å². The Morgan fingerprint density at radius 1 is 1.25 bits per heavy atom. The molecular weight excluding hydrogens is 264 g/mol. The molecule has 20 heavy (non-hydrogen) atoms. The molecule has 0 aromatic carbocycles. The van der Waals surface area contributed by atoms with E-state index < -0.39 is 23.3 Å². The normalized spacial score (nSPS) is 11.4. The van der Waals surface area contributed by atoms with Crippen molar-refractivity contribution < 1.29 is 29.0 Å². The lowest BCUT2D eigenvalue weighted by Crippen LogP contribution is -2.41. The number of terminal acetylenes is 1. The van der Waals surface area contributed by atoms with Crippen LogP contribution in [0, 0.1) is 17.8 Å². The molecule has 0 radical (unpaired) electrons. The second-order valence-electron chi connectivity index (χ2n) is 4.18. The number of ether oxygens (including phenoxy) is 2.